The zero-order valence-corrected chi connectivity index (χ0v) is 12.8. The van der Waals surface area contributed by atoms with Gasteiger partial charge in [-0.05, 0) is 31.0 Å². The van der Waals surface area contributed by atoms with Crippen LogP contribution in [-0.4, -0.2) is 34.9 Å². The van der Waals surface area contributed by atoms with Crippen LogP contribution in [0.3, 0.4) is 0 Å². The largest absolute Gasteiger partial charge is 0.348 e. The highest BCUT2D eigenvalue weighted by Gasteiger charge is 2.24. The third-order valence-electron chi connectivity index (χ3n) is 4.11. The molecule has 0 spiro atoms. The lowest BCUT2D eigenvalue weighted by Crippen LogP contribution is -2.37. The second-order valence-electron chi connectivity index (χ2n) is 5.82. The average Bonchev–Trinajstić information content (AvgIpc) is 2.95. The average molecular weight is 295 g/mol. The molecule has 2 aromatic rings. The molecule has 1 fully saturated rings. The highest BCUT2D eigenvalue weighted by atomic mass is 16.1. The van der Waals surface area contributed by atoms with Crippen LogP contribution in [0.15, 0.2) is 48.7 Å². The van der Waals surface area contributed by atoms with E-state index in [9.17, 15) is 4.79 Å². The van der Waals surface area contributed by atoms with E-state index >= 15 is 0 Å². The summed E-state index contributed by atoms with van der Waals surface area (Å²) in [7, 11) is 0. The Hall–Kier alpha value is -2.20. The molecule has 1 saturated heterocycles. The molecule has 1 aliphatic rings. The van der Waals surface area contributed by atoms with Crippen molar-refractivity contribution in [2.75, 3.05) is 13.1 Å². The predicted molar refractivity (Wildman–Crippen MR) is 86.6 cm³/mol. The molecule has 1 aromatic carbocycles. The Bertz CT molecular complexity index is 642. The number of hydrogen-bond acceptors (Lipinski definition) is 3. The lowest BCUT2D eigenvalue weighted by molar-refractivity contribution is 0.0936. The molecular formula is C18H21N3O. The molecule has 4 heteroatoms. The molecule has 114 valence electrons. The van der Waals surface area contributed by atoms with Crippen molar-refractivity contribution in [1.82, 2.24) is 15.2 Å². The summed E-state index contributed by atoms with van der Waals surface area (Å²) in [5.41, 5.74) is 2.76. The number of aromatic nitrogens is 1. The van der Waals surface area contributed by atoms with Gasteiger partial charge in [-0.2, -0.15) is 0 Å². The highest BCUT2D eigenvalue weighted by molar-refractivity contribution is 5.95. The van der Waals surface area contributed by atoms with Gasteiger partial charge < -0.3 is 5.32 Å². The molecule has 1 amide bonds. The first-order chi connectivity index (χ1) is 10.7. The van der Waals surface area contributed by atoms with Gasteiger partial charge in [-0.25, -0.2) is 0 Å². The molecule has 0 aliphatic carbocycles. The van der Waals surface area contributed by atoms with Crippen LogP contribution in [0.5, 0.6) is 0 Å². The van der Waals surface area contributed by atoms with Crippen molar-refractivity contribution in [2.45, 2.75) is 25.9 Å². The number of hydrogen-bond donors (Lipinski definition) is 1. The van der Waals surface area contributed by atoms with Crippen LogP contribution in [-0.2, 0) is 6.54 Å². The van der Waals surface area contributed by atoms with E-state index in [-0.39, 0.29) is 11.9 Å². The minimum Gasteiger partial charge on any atom is -0.348 e. The Morgan fingerprint density at radius 3 is 2.86 bits per heavy atom. The van der Waals surface area contributed by atoms with Gasteiger partial charge >= 0.3 is 0 Å². The summed E-state index contributed by atoms with van der Waals surface area (Å²) in [5.74, 6) is -0.0165. The number of rotatable bonds is 4. The molecule has 1 aliphatic heterocycles. The van der Waals surface area contributed by atoms with Gasteiger partial charge in [0, 0.05) is 37.6 Å². The quantitative estimate of drug-likeness (QED) is 0.942. The SMILES string of the molecule is Cc1ncccc1C(=O)NC1CCN(Cc2ccccc2)C1. The lowest BCUT2D eigenvalue weighted by Gasteiger charge is -2.17. The maximum Gasteiger partial charge on any atom is 0.253 e. The van der Waals surface area contributed by atoms with Crippen molar-refractivity contribution >= 4 is 5.91 Å². The summed E-state index contributed by atoms with van der Waals surface area (Å²) in [6, 6.07) is 14.3. The van der Waals surface area contributed by atoms with E-state index in [4.69, 9.17) is 0 Å². The molecular weight excluding hydrogens is 274 g/mol. The van der Waals surface area contributed by atoms with Crippen LogP contribution in [0.4, 0.5) is 0 Å². The number of likely N-dealkylation sites (tertiary alicyclic amines) is 1. The smallest absolute Gasteiger partial charge is 0.253 e. The minimum atomic E-state index is -0.0165. The summed E-state index contributed by atoms with van der Waals surface area (Å²) in [5, 5.41) is 3.13. The van der Waals surface area contributed by atoms with Gasteiger partial charge in [-0.1, -0.05) is 30.3 Å². The van der Waals surface area contributed by atoms with E-state index in [1.165, 1.54) is 5.56 Å². The lowest BCUT2D eigenvalue weighted by atomic mass is 10.1. The zero-order chi connectivity index (χ0) is 15.4. The number of aryl methyl sites for hydroxylation is 1. The van der Waals surface area contributed by atoms with Crippen LogP contribution in [0.2, 0.25) is 0 Å². The number of carbonyl (C=O) groups is 1. The number of pyridine rings is 1. The van der Waals surface area contributed by atoms with Crippen LogP contribution < -0.4 is 5.32 Å². The van der Waals surface area contributed by atoms with E-state index < -0.39 is 0 Å². The Labute approximate surface area is 131 Å². The van der Waals surface area contributed by atoms with E-state index in [0.717, 1.165) is 31.7 Å². The summed E-state index contributed by atoms with van der Waals surface area (Å²) < 4.78 is 0. The number of carbonyl (C=O) groups excluding carboxylic acids is 1. The van der Waals surface area contributed by atoms with Gasteiger partial charge in [0.15, 0.2) is 0 Å². The fraction of sp³-hybridized carbons (Fsp3) is 0.333. The van der Waals surface area contributed by atoms with Crippen LogP contribution in [0.25, 0.3) is 0 Å². The van der Waals surface area contributed by atoms with E-state index in [1.54, 1.807) is 12.3 Å². The van der Waals surface area contributed by atoms with Gasteiger partial charge in [0.05, 0.1) is 5.56 Å². The molecule has 3 rings (SSSR count). The molecule has 4 nitrogen and oxygen atoms in total. The van der Waals surface area contributed by atoms with Crippen LogP contribution >= 0.6 is 0 Å². The third-order valence-corrected chi connectivity index (χ3v) is 4.11. The highest BCUT2D eigenvalue weighted by Crippen LogP contribution is 2.14. The van der Waals surface area contributed by atoms with Crippen molar-refractivity contribution in [3.8, 4) is 0 Å². The Kier molecular flexibility index (Phi) is 4.49. The Morgan fingerprint density at radius 2 is 2.09 bits per heavy atom. The second-order valence-corrected chi connectivity index (χ2v) is 5.82. The first-order valence-electron chi connectivity index (χ1n) is 7.71. The van der Waals surface area contributed by atoms with E-state index in [2.05, 4.69) is 39.5 Å². The van der Waals surface area contributed by atoms with Gasteiger partial charge in [-0.3, -0.25) is 14.7 Å². The van der Waals surface area contributed by atoms with Crippen LogP contribution in [0, 0.1) is 6.92 Å². The van der Waals surface area contributed by atoms with Crippen LogP contribution in [0.1, 0.15) is 28.0 Å². The van der Waals surface area contributed by atoms with Gasteiger partial charge in [-0.15, -0.1) is 0 Å². The fourth-order valence-corrected chi connectivity index (χ4v) is 2.92. The topological polar surface area (TPSA) is 45.2 Å². The van der Waals surface area contributed by atoms with Crippen molar-refractivity contribution < 1.29 is 4.79 Å². The zero-order valence-electron chi connectivity index (χ0n) is 12.8. The standard InChI is InChI=1S/C18H21N3O/c1-14-17(8-5-10-19-14)18(22)20-16-9-11-21(13-16)12-15-6-3-2-4-7-15/h2-8,10,16H,9,11-13H2,1H3,(H,20,22). The Morgan fingerprint density at radius 1 is 1.27 bits per heavy atom. The van der Waals surface area contributed by atoms with Gasteiger partial charge in [0.2, 0.25) is 0 Å². The first-order valence-corrected chi connectivity index (χ1v) is 7.71. The predicted octanol–water partition coefficient (Wildman–Crippen LogP) is 2.39. The van der Waals surface area contributed by atoms with E-state index in [0.29, 0.717) is 5.56 Å². The van der Waals surface area contributed by atoms with Gasteiger partial charge in [0.25, 0.3) is 5.91 Å². The van der Waals surface area contributed by atoms with Gasteiger partial charge in [0.1, 0.15) is 0 Å². The first kappa shape index (κ1) is 14.7. The second kappa shape index (κ2) is 6.71. The van der Waals surface area contributed by atoms with Crippen molar-refractivity contribution in [3.05, 3.63) is 65.5 Å². The summed E-state index contributed by atoms with van der Waals surface area (Å²) in [6.45, 7) is 4.73. The normalized spacial score (nSPS) is 18.3. The number of benzene rings is 1. The minimum absolute atomic E-state index is 0.0165. The number of nitrogens with one attached hydrogen (secondary N) is 1. The van der Waals surface area contributed by atoms with Crippen molar-refractivity contribution in [1.29, 1.82) is 0 Å². The summed E-state index contributed by atoms with van der Waals surface area (Å²) >= 11 is 0. The molecule has 0 radical (unpaired) electrons. The number of amides is 1. The fourth-order valence-electron chi connectivity index (χ4n) is 2.92. The maximum atomic E-state index is 12.3. The summed E-state index contributed by atoms with van der Waals surface area (Å²) in [6.07, 6.45) is 2.71. The van der Waals surface area contributed by atoms with E-state index in [1.807, 2.05) is 19.1 Å². The Balaban J connectivity index is 1.55. The third kappa shape index (κ3) is 3.52. The maximum absolute atomic E-state index is 12.3. The molecule has 0 bridgehead atoms. The molecule has 1 aromatic heterocycles. The molecule has 2 heterocycles. The molecule has 22 heavy (non-hydrogen) atoms. The van der Waals surface area contributed by atoms with Crippen molar-refractivity contribution in [2.24, 2.45) is 0 Å². The molecule has 0 saturated carbocycles. The molecule has 1 atom stereocenters. The van der Waals surface area contributed by atoms with Crippen molar-refractivity contribution in [3.63, 3.8) is 0 Å². The molecule has 1 unspecified atom stereocenters. The summed E-state index contributed by atoms with van der Waals surface area (Å²) in [4.78, 5) is 18.9. The number of nitrogens with zero attached hydrogens (tertiary/aromatic N) is 2. The monoisotopic (exact) mass is 295 g/mol. The molecule has 1 N–H and O–H groups in total.